The van der Waals surface area contributed by atoms with Crippen LogP contribution in [0.4, 0.5) is 4.39 Å². The van der Waals surface area contributed by atoms with Crippen molar-refractivity contribution in [2.24, 2.45) is 12.0 Å². The Hall–Kier alpha value is -1.84. The smallest absolute Gasteiger partial charge is 0.191 e. The summed E-state index contributed by atoms with van der Waals surface area (Å²) in [7, 11) is 1.98. The summed E-state index contributed by atoms with van der Waals surface area (Å²) in [6, 6.07) is 6.43. The average molecular weight is 517 g/mol. The van der Waals surface area contributed by atoms with E-state index in [1.165, 1.54) is 17.3 Å². The third kappa shape index (κ3) is 7.17. The molecular formula is C21H33FIN5O. The van der Waals surface area contributed by atoms with Crippen molar-refractivity contribution in [2.75, 3.05) is 13.1 Å². The number of aryl methyl sites for hydroxylation is 2. The molecule has 6 nitrogen and oxygen atoms in total. The molecule has 0 bridgehead atoms. The fourth-order valence-electron chi connectivity index (χ4n) is 3.11. The van der Waals surface area contributed by atoms with Crippen LogP contribution in [0.15, 0.2) is 29.3 Å². The number of aliphatic imine (C=N–C) groups is 1. The zero-order valence-corrected chi connectivity index (χ0v) is 20.3. The highest BCUT2D eigenvalue weighted by Gasteiger charge is 2.14. The third-order valence-electron chi connectivity index (χ3n) is 4.49. The maximum atomic E-state index is 13.7. The molecule has 0 saturated carbocycles. The first kappa shape index (κ1) is 25.2. The highest BCUT2D eigenvalue weighted by atomic mass is 127. The summed E-state index contributed by atoms with van der Waals surface area (Å²) in [4.78, 5) is 4.72. The Kier molecular flexibility index (Phi) is 11.0. The Balaban J connectivity index is 0.00000420. The predicted octanol–water partition coefficient (Wildman–Crippen LogP) is 3.82. The van der Waals surface area contributed by atoms with Gasteiger partial charge in [0.2, 0.25) is 0 Å². The van der Waals surface area contributed by atoms with Crippen molar-refractivity contribution in [3.8, 4) is 5.75 Å². The number of aromatic nitrogens is 2. The molecule has 0 amide bonds. The molecule has 29 heavy (non-hydrogen) atoms. The van der Waals surface area contributed by atoms with Gasteiger partial charge in [0.25, 0.3) is 0 Å². The Bertz CT molecular complexity index is 793. The van der Waals surface area contributed by atoms with Crippen LogP contribution in [0.3, 0.4) is 0 Å². The van der Waals surface area contributed by atoms with E-state index in [0.29, 0.717) is 19.0 Å². The van der Waals surface area contributed by atoms with Crippen molar-refractivity contribution in [1.29, 1.82) is 0 Å². The highest BCUT2D eigenvalue weighted by Crippen LogP contribution is 2.17. The number of guanidine groups is 1. The number of ether oxygens (including phenoxy) is 1. The number of para-hydroxylation sites is 1. The van der Waals surface area contributed by atoms with Crippen molar-refractivity contribution in [2.45, 2.75) is 53.2 Å². The van der Waals surface area contributed by atoms with Gasteiger partial charge in [0, 0.05) is 24.8 Å². The predicted molar refractivity (Wildman–Crippen MR) is 127 cm³/mol. The lowest BCUT2D eigenvalue weighted by atomic mass is 10.1. The summed E-state index contributed by atoms with van der Waals surface area (Å²) < 4.78 is 21.4. The number of halogens is 2. The number of benzene rings is 1. The van der Waals surface area contributed by atoms with Crippen LogP contribution >= 0.6 is 24.0 Å². The summed E-state index contributed by atoms with van der Waals surface area (Å²) in [5, 5.41) is 11.1. The molecule has 1 atom stereocenters. The summed E-state index contributed by atoms with van der Waals surface area (Å²) in [6.07, 6.45) is 1.60. The van der Waals surface area contributed by atoms with Crippen LogP contribution in [0.5, 0.6) is 5.75 Å². The Labute approximate surface area is 190 Å². The SMILES string of the molecule is CCNC(=NCc1c(CC)nn(C)c1CC)NCC(C)Oc1ccccc1F.I. The second-order valence-electron chi connectivity index (χ2n) is 6.64. The molecule has 1 unspecified atom stereocenters. The Morgan fingerprint density at radius 2 is 1.93 bits per heavy atom. The zero-order valence-electron chi connectivity index (χ0n) is 18.0. The lowest BCUT2D eigenvalue weighted by molar-refractivity contribution is 0.214. The van der Waals surface area contributed by atoms with Gasteiger partial charge in [-0.2, -0.15) is 5.10 Å². The van der Waals surface area contributed by atoms with Gasteiger partial charge in [-0.1, -0.05) is 26.0 Å². The van der Waals surface area contributed by atoms with Crippen molar-refractivity contribution in [3.05, 3.63) is 47.0 Å². The molecule has 2 rings (SSSR count). The molecule has 0 aliphatic carbocycles. The normalized spacial score (nSPS) is 12.3. The van der Waals surface area contributed by atoms with Crippen molar-refractivity contribution in [3.63, 3.8) is 0 Å². The standard InChI is InChI=1S/C21H32FN5O.HI/c1-6-18-16(19(7-2)27(5)26-18)14-25-21(23-8-3)24-13-15(4)28-20-12-10-9-11-17(20)22;/h9-12,15H,6-8,13-14H2,1-5H3,(H2,23,24,25);1H. The first-order chi connectivity index (χ1) is 13.5. The van der Waals surface area contributed by atoms with Gasteiger partial charge in [-0.15, -0.1) is 24.0 Å². The van der Waals surface area contributed by atoms with Gasteiger partial charge in [-0.05, 0) is 38.8 Å². The molecule has 1 heterocycles. The third-order valence-corrected chi connectivity index (χ3v) is 4.49. The van der Waals surface area contributed by atoms with E-state index in [4.69, 9.17) is 9.73 Å². The molecular weight excluding hydrogens is 484 g/mol. The molecule has 0 saturated heterocycles. The molecule has 1 aromatic heterocycles. The van der Waals surface area contributed by atoms with Crippen molar-refractivity contribution in [1.82, 2.24) is 20.4 Å². The van der Waals surface area contributed by atoms with E-state index < -0.39 is 0 Å². The number of rotatable bonds is 9. The van der Waals surface area contributed by atoms with E-state index in [1.807, 2.05) is 25.6 Å². The lowest BCUT2D eigenvalue weighted by Crippen LogP contribution is -2.41. The van der Waals surface area contributed by atoms with Gasteiger partial charge in [-0.3, -0.25) is 4.68 Å². The van der Waals surface area contributed by atoms with Gasteiger partial charge >= 0.3 is 0 Å². The van der Waals surface area contributed by atoms with E-state index in [0.717, 1.165) is 25.1 Å². The van der Waals surface area contributed by atoms with Crippen LogP contribution in [0.1, 0.15) is 44.6 Å². The number of hydrogen-bond donors (Lipinski definition) is 2. The number of nitrogens with zero attached hydrogens (tertiary/aromatic N) is 3. The lowest BCUT2D eigenvalue weighted by Gasteiger charge is -2.18. The summed E-state index contributed by atoms with van der Waals surface area (Å²) >= 11 is 0. The fraction of sp³-hybridized carbons (Fsp3) is 0.524. The molecule has 2 N–H and O–H groups in total. The van der Waals surface area contributed by atoms with Crippen LogP contribution in [0, 0.1) is 5.82 Å². The molecule has 162 valence electrons. The monoisotopic (exact) mass is 517 g/mol. The van der Waals surface area contributed by atoms with E-state index in [9.17, 15) is 4.39 Å². The minimum Gasteiger partial charge on any atom is -0.486 e. The second-order valence-corrected chi connectivity index (χ2v) is 6.64. The Morgan fingerprint density at radius 3 is 2.55 bits per heavy atom. The van der Waals surface area contributed by atoms with Crippen LogP contribution in [-0.4, -0.2) is 34.9 Å². The van der Waals surface area contributed by atoms with E-state index >= 15 is 0 Å². The van der Waals surface area contributed by atoms with Gasteiger partial charge in [0.1, 0.15) is 6.10 Å². The van der Waals surface area contributed by atoms with Gasteiger partial charge in [-0.25, -0.2) is 9.38 Å². The van der Waals surface area contributed by atoms with Gasteiger partial charge < -0.3 is 15.4 Å². The maximum absolute atomic E-state index is 13.7. The Morgan fingerprint density at radius 1 is 1.21 bits per heavy atom. The molecule has 0 radical (unpaired) electrons. The van der Waals surface area contributed by atoms with Crippen LogP contribution < -0.4 is 15.4 Å². The van der Waals surface area contributed by atoms with Gasteiger partial charge in [0.05, 0.1) is 18.8 Å². The zero-order chi connectivity index (χ0) is 20.5. The first-order valence-corrected chi connectivity index (χ1v) is 9.97. The molecule has 1 aromatic carbocycles. The van der Waals surface area contributed by atoms with E-state index in [2.05, 4.69) is 29.6 Å². The molecule has 8 heteroatoms. The average Bonchev–Trinajstić information content (AvgIpc) is 3.00. The second kappa shape index (κ2) is 12.7. The highest BCUT2D eigenvalue weighted by molar-refractivity contribution is 14.0. The largest absolute Gasteiger partial charge is 0.486 e. The van der Waals surface area contributed by atoms with Crippen LogP contribution in [0.25, 0.3) is 0 Å². The number of hydrogen-bond acceptors (Lipinski definition) is 3. The first-order valence-electron chi connectivity index (χ1n) is 9.97. The number of nitrogens with one attached hydrogen (secondary N) is 2. The van der Waals surface area contributed by atoms with Crippen molar-refractivity contribution >= 4 is 29.9 Å². The molecule has 0 aliphatic heterocycles. The van der Waals surface area contributed by atoms with Crippen LogP contribution in [-0.2, 0) is 26.4 Å². The molecule has 0 spiro atoms. The van der Waals surface area contributed by atoms with E-state index in [1.54, 1.807) is 18.2 Å². The molecule has 2 aromatic rings. The minimum absolute atomic E-state index is 0. The summed E-state index contributed by atoms with van der Waals surface area (Å²) in [6.45, 7) is 9.99. The van der Waals surface area contributed by atoms with Crippen LogP contribution in [0.2, 0.25) is 0 Å². The quantitative estimate of drug-likeness (QED) is 0.302. The molecule has 0 fully saturated rings. The van der Waals surface area contributed by atoms with Gasteiger partial charge in [0.15, 0.2) is 17.5 Å². The summed E-state index contributed by atoms with van der Waals surface area (Å²) in [5.74, 6) is 0.611. The molecule has 0 aliphatic rings. The van der Waals surface area contributed by atoms with Crippen molar-refractivity contribution < 1.29 is 9.13 Å². The summed E-state index contributed by atoms with van der Waals surface area (Å²) in [5.41, 5.74) is 3.50. The fourth-order valence-corrected chi connectivity index (χ4v) is 3.11. The maximum Gasteiger partial charge on any atom is 0.191 e. The topological polar surface area (TPSA) is 63.5 Å². The van der Waals surface area contributed by atoms with E-state index in [-0.39, 0.29) is 41.6 Å². The minimum atomic E-state index is -0.356.